The molecule has 0 spiro atoms. The van der Waals surface area contributed by atoms with Gasteiger partial charge in [-0.1, -0.05) is 32.5 Å². The largest absolute Gasteiger partial charge is 0.335 e. The van der Waals surface area contributed by atoms with Gasteiger partial charge in [-0.15, -0.1) is 5.10 Å². The van der Waals surface area contributed by atoms with Gasteiger partial charge in [0.05, 0.1) is 5.75 Å². The first kappa shape index (κ1) is 14.8. The Morgan fingerprint density at radius 2 is 2.10 bits per heavy atom. The summed E-state index contributed by atoms with van der Waals surface area (Å²) >= 11 is 1.20. The molecule has 0 aliphatic heterocycles. The number of amides is 3. The number of nitrogens with zero attached hydrogens (tertiary/aromatic N) is 2. The van der Waals surface area contributed by atoms with E-state index < -0.39 is 6.03 Å². The van der Waals surface area contributed by atoms with E-state index in [2.05, 4.69) is 25.8 Å². The van der Waals surface area contributed by atoms with Crippen LogP contribution >= 0.6 is 11.8 Å². The third-order valence-corrected chi connectivity index (χ3v) is 3.52. The summed E-state index contributed by atoms with van der Waals surface area (Å²) in [6, 6.07) is -0.193. The highest BCUT2D eigenvalue weighted by Crippen LogP contribution is 2.21. The van der Waals surface area contributed by atoms with E-state index in [1.54, 1.807) is 0 Å². The molecule has 3 amide bonds. The fraction of sp³-hybridized carbons (Fsp3) is 0.667. The quantitative estimate of drug-likeness (QED) is 0.725. The van der Waals surface area contributed by atoms with E-state index in [-0.39, 0.29) is 23.1 Å². The summed E-state index contributed by atoms with van der Waals surface area (Å²) < 4.78 is 0. The molecule has 0 saturated heterocycles. The summed E-state index contributed by atoms with van der Waals surface area (Å²) in [7, 11) is 0. The summed E-state index contributed by atoms with van der Waals surface area (Å²) in [5.74, 6) is 0.529. The summed E-state index contributed by atoms with van der Waals surface area (Å²) in [5.41, 5.74) is -0.113. The number of aromatic nitrogens is 3. The third kappa shape index (κ3) is 4.52. The number of aromatic amines is 1. The van der Waals surface area contributed by atoms with Gasteiger partial charge in [-0.05, 0) is 12.8 Å². The van der Waals surface area contributed by atoms with E-state index in [9.17, 15) is 9.59 Å². The van der Waals surface area contributed by atoms with Crippen molar-refractivity contribution in [1.29, 1.82) is 0 Å². The lowest BCUT2D eigenvalue weighted by Gasteiger charge is -2.12. The molecule has 1 fully saturated rings. The zero-order chi connectivity index (χ0) is 14.8. The molecule has 0 atom stereocenters. The highest BCUT2D eigenvalue weighted by Gasteiger charge is 2.24. The number of imide groups is 1. The summed E-state index contributed by atoms with van der Waals surface area (Å²) in [6.45, 7) is 6.07. The second kappa shape index (κ2) is 5.82. The second-order valence-electron chi connectivity index (χ2n) is 5.80. The van der Waals surface area contributed by atoms with Crippen molar-refractivity contribution in [3.63, 3.8) is 0 Å². The number of hydrogen-bond donors (Lipinski definition) is 3. The van der Waals surface area contributed by atoms with Crippen molar-refractivity contribution < 1.29 is 9.59 Å². The molecule has 1 aromatic heterocycles. The van der Waals surface area contributed by atoms with Gasteiger partial charge in [0.15, 0.2) is 0 Å². The molecule has 1 saturated carbocycles. The lowest BCUT2D eigenvalue weighted by atomic mass is 9.96. The Morgan fingerprint density at radius 3 is 2.65 bits per heavy atom. The standard InChI is InChI=1S/C12H19N5O2S/c1-12(2,3)9-15-11(17-16-9)20-6-8(18)14-10(19)13-7-4-5-7/h7H,4-6H2,1-3H3,(H,15,16,17)(H2,13,14,18,19). The number of nitrogens with one attached hydrogen (secondary N) is 3. The lowest BCUT2D eigenvalue weighted by Crippen LogP contribution is -2.41. The molecule has 110 valence electrons. The molecule has 1 aliphatic rings. The number of carbonyl (C=O) groups excluding carboxylic acids is 2. The van der Waals surface area contributed by atoms with E-state index in [4.69, 9.17) is 0 Å². The molecule has 20 heavy (non-hydrogen) atoms. The molecular weight excluding hydrogens is 278 g/mol. The number of thioether (sulfide) groups is 1. The maximum Gasteiger partial charge on any atom is 0.321 e. The van der Waals surface area contributed by atoms with Crippen LogP contribution in [0.4, 0.5) is 4.79 Å². The van der Waals surface area contributed by atoms with Crippen LogP contribution in [0.1, 0.15) is 39.4 Å². The van der Waals surface area contributed by atoms with Gasteiger partial charge in [-0.25, -0.2) is 9.78 Å². The Bertz CT molecular complexity index is 504. The van der Waals surface area contributed by atoms with E-state index >= 15 is 0 Å². The zero-order valence-electron chi connectivity index (χ0n) is 11.8. The van der Waals surface area contributed by atoms with Crippen LogP contribution in [-0.4, -0.2) is 38.9 Å². The summed E-state index contributed by atoms with van der Waals surface area (Å²) in [4.78, 5) is 27.2. The maximum atomic E-state index is 11.6. The first-order chi connectivity index (χ1) is 9.34. The van der Waals surface area contributed by atoms with Crippen molar-refractivity contribution in [2.45, 2.75) is 50.2 Å². The Balaban J connectivity index is 1.75. The van der Waals surface area contributed by atoms with Crippen molar-refractivity contribution in [3.8, 4) is 0 Å². The maximum absolute atomic E-state index is 11.6. The van der Waals surface area contributed by atoms with Crippen LogP contribution in [0.5, 0.6) is 0 Å². The molecule has 0 aromatic carbocycles. The average molecular weight is 297 g/mol. The van der Waals surface area contributed by atoms with Gasteiger partial charge in [0.2, 0.25) is 11.1 Å². The minimum Gasteiger partial charge on any atom is -0.335 e. The Kier molecular flexibility index (Phi) is 4.32. The van der Waals surface area contributed by atoms with Crippen molar-refractivity contribution in [1.82, 2.24) is 25.8 Å². The SMILES string of the molecule is CC(C)(C)c1nc(SCC(=O)NC(=O)NC2CC2)n[nH]1. The van der Waals surface area contributed by atoms with Gasteiger partial charge >= 0.3 is 6.03 Å². The van der Waals surface area contributed by atoms with Gasteiger partial charge in [-0.2, -0.15) is 0 Å². The lowest BCUT2D eigenvalue weighted by molar-refractivity contribution is -0.117. The summed E-state index contributed by atoms with van der Waals surface area (Å²) in [6.07, 6.45) is 1.98. The smallest absolute Gasteiger partial charge is 0.321 e. The predicted molar refractivity (Wildman–Crippen MR) is 75.5 cm³/mol. The van der Waals surface area contributed by atoms with E-state index in [0.29, 0.717) is 5.16 Å². The molecule has 0 radical (unpaired) electrons. The first-order valence-corrected chi connectivity index (χ1v) is 7.49. The third-order valence-electron chi connectivity index (χ3n) is 2.67. The fourth-order valence-electron chi connectivity index (χ4n) is 1.39. The molecule has 8 heteroatoms. The number of rotatable bonds is 4. The van der Waals surface area contributed by atoms with Crippen LogP contribution in [0, 0.1) is 0 Å². The van der Waals surface area contributed by atoms with Crippen LogP contribution < -0.4 is 10.6 Å². The Morgan fingerprint density at radius 1 is 1.40 bits per heavy atom. The van der Waals surface area contributed by atoms with Crippen LogP contribution in [0.15, 0.2) is 5.16 Å². The number of H-pyrrole nitrogens is 1. The van der Waals surface area contributed by atoms with E-state index in [1.807, 2.05) is 20.8 Å². The Hall–Kier alpha value is -1.57. The highest BCUT2D eigenvalue weighted by molar-refractivity contribution is 7.99. The molecule has 1 heterocycles. The van der Waals surface area contributed by atoms with Gasteiger partial charge in [0.1, 0.15) is 5.82 Å². The van der Waals surface area contributed by atoms with Crippen molar-refractivity contribution >= 4 is 23.7 Å². The number of urea groups is 1. The van der Waals surface area contributed by atoms with Crippen LogP contribution in [0.2, 0.25) is 0 Å². The molecule has 7 nitrogen and oxygen atoms in total. The molecule has 3 N–H and O–H groups in total. The number of hydrogen-bond acceptors (Lipinski definition) is 5. The van der Waals surface area contributed by atoms with Crippen molar-refractivity contribution in [3.05, 3.63) is 5.82 Å². The van der Waals surface area contributed by atoms with E-state index in [1.165, 1.54) is 11.8 Å². The fourth-order valence-corrected chi connectivity index (χ4v) is 1.99. The van der Waals surface area contributed by atoms with Gasteiger partial charge in [0.25, 0.3) is 0 Å². The normalized spacial score (nSPS) is 14.9. The molecule has 1 aromatic rings. The first-order valence-electron chi connectivity index (χ1n) is 6.50. The molecule has 2 rings (SSSR count). The highest BCUT2D eigenvalue weighted by atomic mass is 32.2. The minimum absolute atomic E-state index is 0.111. The predicted octanol–water partition coefficient (Wildman–Crippen LogP) is 1.18. The summed E-state index contributed by atoms with van der Waals surface area (Å²) in [5, 5.41) is 12.4. The zero-order valence-corrected chi connectivity index (χ0v) is 12.6. The van der Waals surface area contributed by atoms with Crippen LogP contribution in [0.3, 0.4) is 0 Å². The molecular formula is C12H19N5O2S. The van der Waals surface area contributed by atoms with Crippen molar-refractivity contribution in [2.75, 3.05) is 5.75 Å². The Labute approximate surface area is 121 Å². The second-order valence-corrected chi connectivity index (χ2v) is 6.74. The monoisotopic (exact) mass is 297 g/mol. The minimum atomic E-state index is -0.427. The van der Waals surface area contributed by atoms with Gasteiger partial charge < -0.3 is 5.32 Å². The van der Waals surface area contributed by atoms with Gasteiger partial charge in [-0.3, -0.25) is 15.2 Å². The van der Waals surface area contributed by atoms with Crippen LogP contribution in [-0.2, 0) is 10.2 Å². The van der Waals surface area contributed by atoms with Crippen molar-refractivity contribution in [2.24, 2.45) is 0 Å². The molecule has 0 unspecified atom stereocenters. The topological polar surface area (TPSA) is 99.8 Å². The van der Waals surface area contributed by atoms with Crippen LogP contribution in [0.25, 0.3) is 0 Å². The molecule has 1 aliphatic carbocycles. The van der Waals surface area contributed by atoms with E-state index in [0.717, 1.165) is 18.7 Å². The average Bonchev–Trinajstić information content (AvgIpc) is 2.99. The number of carbonyl (C=O) groups is 2. The van der Waals surface area contributed by atoms with Gasteiger partial charge in [0, 0.05) is 11.5 Å². The molecule has 0 bridgehead atoms.